The van der Waals surface area contributed by atoms with Crippen LogP contribution in [0.1, 0.15) is 31.0 Å². The summed E-state index contributed by atoms with van der Waals surface area (Å²) in [6, 6.07) is 17.5. The second-order valence-corrected chi connectivity index (χ2v) is 9.24. The van der Waals surface area contributed by atoms with Crippen LogP contribution in [0.15, 0.2) is 67.3 Å². The summed E-state index contributed by atoms with van der Waals surface area (Å²) < 4.78 is 19.8. The average molecular weight is 478 g/mol. The fraction of sp³-hybridized carbons (Fsp3) is 0.393. The second-order valence-electron chi connectivity index (χ2n) is 9.24. The van der Waals surface area contributed by atoms with Gasteiger partial charge < -0.3 is 19.3 Å². The fourth-order valence-electron chi connectivity index (χ4n) is 4.38. The van der Waals surface area contributed by atoms with E-state index in [1.54, 1.807) is 20.1 Å². The van der Waals surface area contributed by atoms with Crippen LogP contribution in [0.2, 0.25) is 0 Å². The van der Waals surface area contributed by atoms with Crippen LogP contribution in [0.3, 0.4) is 0 Å². The molecule has 0 aliphatic carbocycles. The maximum absolute atomic E-state index is 10.8. The molecule has 1 aliphatic rings. The first-order valence-electron chi connectivity index (χ1n) is 12.0. The fourth-order valence-corrected chi connectivity index (χ4v) is 4.38. The predicted molar refractivity (Wildman–Crippen MR) is 136 cm³/mol. The molecule has 1 saturated heterocycles. The van der Waals surface area contributed by atoms with Gasteiger partial charge in [-0.3, -0.25) is 4.90 Å². The molecule has 1 N–H and O–H groups in total. The number of hydrogen-bond acceptors (Lipinski definition) is 6. The Hall–Kier alpha value is -3.13. The zero-order valence-electron chi connectivity index (χ0n) is 20.8. The third kappa shape index (κ3) is 6.11. The predicted octanol–water partition coefficient (Wildman–Crippen LogP) is 4.90. The lowest BCUT2D eigenvalue weighted by atomic mass is 10.1. The second kappa shape index (κ2) is 11.1. The number of benzene rings is 2. The third-order valence-corrected chi connectivity index (χ3v) is 6.26. The summed E-state index contributed by atoms with van der Waals surface area (Å²) in [4.78, 5) is 2.20. The van der Waals surface area contributed by atoms with Crippen LogP contribution in [-0.4, -0.2) is 58.3 Å². The zero-order chi connectivity index (χ0) is 24.8. The van der Waals surface area contributed by atoms with Crippen LogP contribution in [0.4, 0.5) is 0 Å². The summed E-state index contributed by atoms with van der Waals surface area (Å²) >= 11 is 0. The molecular weight excluding hydrogens is 442 g/mol. The van der Waals surface area contributed by atoms with Gasteiger partial charge in [0, 0.05) is 26.2 Å². The van der Waals surface area contributed by atoms with Crippen molar-refractivity contribution in [1.29, 1.82) is 0 Å². The van der Waals surface area contributed by atoms with E-state index in [9.17, 15) is 5.11 Å². The maximum Gasteiger partial charge on any atom is 0.227 e. The van der Waals surface area contributed by atoms with Crippen molar-refractivity contribution >= 4 is 0 Å². The van der Waals surface area contributed by atoms with E-state index in [2.05, 4.69) is 11.5 Å². The number of nitrogens with zero attached hydrogens (tertiary/aromatic N) is 3. The molecule has 1 aliphatic heterocycles. The quantitative estimate of drug-likeness (QED) is 0.396. The van der Waals surface area contributed by atoms with Crippen LogP contribution in [0.25, 0.3) is 5.69 Å². The Morgan fingerprint density at radius 2 is 1.91 bits per heavy atom. The number of aromatic nitrogens is 2. The van der Waals surface area contributed by atoms with Crippen LogP contribution in [0, 0.1) is 6.92 Å². The number of methoxy groups -OCH3 is 1. The van der Waals surface area contributed by atoms with Gasteiger partial charge in [0.15, 0.2) is 11.5 Å². The molecule has 0 amide bonds. The summed E-state index contributed by atoms with van der Waals surface area (Å²) in [7, 11) is 1.63. The van der Waals surface area contributed by atoms with Crippen molar-refractivity contribution in [3.8, 4) is 23.1 Å². The van der Waals surface area contributed by atoms with Gasteiger partial charge in [-0.1, -0.05) is 36.4 Å². The van der Waals surface area contributed by atoms with E-state index >= 15 is 0 Å². The SMILES string of the molecule is C=C[C@@](C)(O)CN(Cc1c(C)nn(-c2ccccc2)c1Oc1ccccc1OC)C[C@@H]1CCCO1. The van der Waals surface area contributed by atoms with Crippen molar-refractivity contribution in [2.24, 2.45) is 0 Å². The first kappa shape index (κ1) is 25.0. The van der Waals surface area contributed by atoms with Gasteiger partial charge in [0.1, 0.15) is 0 Å². The van der Waals surface area contributed by atoms with Crippen molar-refractivity contribution in [3.05, 3.63) is 78.5 Å². The molecule has 2 atom stereocenters. The molecule has 186 valence electrons. The van der Waals surface area contributed by atoms with Gasteiger partial charge in [-0.15, -0.1) is 6.58 Å². The Labute approximate surface area is 207 Å². The molecule has 0 saturated carbocycles. The number of hydrogen-bond donors (Lipinski definition) is 1. The molecule has 1 fully saturated rings. The minimum absolute atomic E-state index is 0.138. The molecule has 3 aromatic rings. The van der Waals surface area contributed by atoms with Gasteiger partial charge in [0.25, 0.3) is 0 Å². The van der Waals surface area contributed by atoms with Gasteiger partial charge >= 0.3 is 0 Å². The lowest BCUT2D eigenvalue weighted by molar-refractivity contribution is 0.0239. The molecule has 7 nitrogen and oxygen atoms in total. The number of aliphatic hydroxyl groups is 1. The van der Waals surface area contributed by atoms with Crippen LogP contribution in [-0.2, 0) is 11.3 Å². The molecule has 0 radical (unpaired) electrons. The van der Waals surface area contributed by atoms with Crippen molar-refractivity contribution in [1.82, 2.24) is 14.7 Å². The summed E-state index contributed by atoms with van der Waals surface area (Å²) in [6.45, 7) is 10.0. The lowest BCUT2D eigenvalue weighted by Gasteiger charge is -2.31. The van der Waals surface area contributed by atoms with E-state index in [1.165, 1.54) is 0 Å². The highest BCUT2D eigenvalue weighted by Gasteiger charge is 2.28. The van der Waals surface area contributed by atoms with E-state index in [0.29, 0.717) is 37.0 Å². The first-order chi connectivity index (χ1) is 16.9. The summed E-state index contributed by atoms with van der Waals surface area (Å²) in [6.07, 6.45) is 3.80. The minimum atomic E-state index is -1.04. The van der Waals surface area contributed by atoms with Crippen molar-refractivity contribution in [2.45, 2.75) is 44.9 Å². The summed E-state index contributed by atoms with van der Waals surface area (Å²) in [5, 5.41) is 15.6. The molecule has 2 heterocycles. The maximum atomic E-state index is 10.8. The van der Waals surface area contributed by atoms with Gasteiger partial charge in [-0.25, -0.2) is 4.68 Å². The molecule has 0 unspecified atom stereocenters. The highest BCUT2D eigenvalue weighted by Crippen LogP contribution is 2.36. The van der Waals surface area contributed by atoms with Crippen molar-refractivity contribution < 1.29 is 19.3 Å². The first-order valence-corrected chi connectivity index (χ1v) is 12.0. The topological polar surface area (TPSA) is 69.0 Å². The molecule has 35 heavy (non-hydrogen) atoms. The standard InChI is InChI=1S/C28H35N3O4/c1-5-28(3,32)20-30(18-23-14-11-17-34-23)19-24-21(2)29-31(22-12-7-6-8-13-22)27(24)35-26-16-10-9-15-25(26)33-4/h5-10,12-13,15-16,23,32H,1,11,14,17-20H2,2-4H3/t23-,28+/m0/s1. The number of para-hydroxylation sites is 3. The van der Waals surface area contributed by atoms with Gasteiger partial charge in [0.2, 0.25) is 5.88 Å². The molecule has 0 spiro atoms. The Morgan fingerprint density at radius 3 is 2.57 bits per heavy atom. The Morgan fingerprint density at radius 1 is 1.20 bits per heavy atom. The van der Waals surface area contributed by atoms with Crippen molar-refractivity contribution in [3.63, 3.8) is 0 Å². The average Bonchev–Trinajstić information content (AvgIpc) is 3.48. The van der Waals surface area contributed by atoms with E-state index in [-0.39, 0.29) is 6.10 Å². The zero-order valence-corrected chi connectivity index (χ0v) is 20.8. The number of rotatable bonds is 11. The van der Waals surface area contributed by atoms with Gasteiger partial charge in [-0.2, -0.15) is 5.10 Å². The van der Waals surface area contributed by atoms with Crippen LogP contribution in [0.5, 0.6) is 17.4 Å². The lowest BCUT2D eigenvalue weighted by Crippen LogP contribution is -2.42. The van der Waals surface area contributed by atoms with Crippen molar-refractivity contribution in [2.75, 3.05) is 26.8 Å². The molecular formula is C28H35N3O4. The molecule has 2 aromatic carbocycles. The summed E-state index contributed by atoms with van der Waals surface area (Å²) in [5.74, 6) is 1.87. The van der Waals surface area contributed by atoms with E-state index in [4.69, 9.17) is 19.3 Å². The summed E-state index contributed by atoms with van der Waals surface area (Å²) in [5.41, 5.74) is 1.66. The number of ether oxygens (including phenoxy) is 3. The Balaban J connectivity index is 1.74. The smallest absolute Gasteiger partial charge is 0.227 e. The van der Waals surface area contributed by atoms with Crippen LogP contribution >= 0.6 is 0 Å². The van der Waals surface area contributed by atoms with Gasteiger partial charge in [-0.05, 0) is 51.0 Å². The highest BCUT2D eigenvalue weighted by atomic mass is 16.5. The van der Waals surface area contributed by atoms with E-state index < -0.39 is 5.60 Å². The molecule has 1 aromatic heterocycles. The number of aryl methyl sites for hydroxylation is 1. The Kier molecular flexibility index (Phi) is 7.90. The van der Waals surface area contributed by atoms with Crippen LogP contribution < -0.4 is 9.47 Å². The minimum Gasteiger partial charge on any atom is -0.493 e. The normalized spacial score (nSPS) is 17.3. The monoisotopic (exact) mass is 477 g/mol. The highest BCUT2D eigenvalue weighted by molar-refractivity contribution is 5.47. The molecule has 0 bridgehead atoms. The third-order valence-electron chi connectivity index (χ3n) is 6.26. The van der Waals surface area contributed by atoms with Gasteiger partial charge in [0.05, 0.1) is 35.8 Å². The van der Waals surface area contributed by atoms with E-state index in [0.717, 1.165) is 36.4 Å². The molecule has 7 heteroatoms. The molecule has 4 rings (SSSR count). The largest absolute Gasteiger partial charge is 0.493 e. The Bertz CT molecular complexity index is 1120. The van der Waals surface area contributed by atoms with E-state index in [1.807, 2.05) is 66.2 Å².